The zero-order valence-electron chi connectivity index (χ0n) is 9.62. The van der Waals surface area contributed by atoms with E-state index in [4.69, 9.17) is 9.47 Å². The summed E-state index contributed by atoms with van der Waals surface area (Å²) in [5, 5.41) is 2.75. The van der Waals surface area contributed by atoms with Crippen LogP contribution < -0.4 is 5.32 Å². The number of rotatable bonds is 8. The van der Waals surface area contributed by atoms with E-state index in [9.17, 15) is 9.59 Å². The van der Waals surface area contributed by atoms with E-state index < -0.39 is 12.1 Å². The Morgan fingerprint density at radius 3 is 2.62 bits per heavy atom. The Hall–Kier alpha value is -0.620. The minimum atomic E-state index is -0.556. The first-order valence-corrected chi connectivity index (χ1v) is 6.28. The highest BCUT2D eigenvalue weighted by molar-refractivity contribution is 9.09. The van der Waals surface area contributed by atoms with Gasteiger partial charge in [-0.3, -0.25) is 4.79 Å². The second kappa shape index (κ2) is 9.59. The summed E-state index contributed by atoms with van der Waals surface area (Å²) in [6.07, 6.45) is 0.711. The number of halogens is 1. The molecular weight excluding hydrogens is 278 g/mol. The maximum atomic E-state index is 11.5. The van der Waals surface area contributed by atoms with Gasteiger partial charge in [-0.2, -0.15) is 0 Å². The van der Waals surface area contributed by atoms with E-state index in [1.54, 1.807) is 14.0 Å². The lowest BCUT2D eigenvalue weighted by molar-refractivity contribution is -0.118. The fourth-order valence-electron chi connectivity index (χ4n) is 1.15. The summed E-state index contributed by atoms with van der Waals surface area (Å²) in [5.74, 6) is -0.0656. The second-order valence-corrected chi connectivity index (χ2v) is 3.71. The van der Waals surface area contributed by atoms with E-state index in [-0.39, 0.29) is 11.1 Å². The number of carbonyl (C=O) groups excluding carboxylic acids is 2. The van der Waals surface area contributed by atoms with Crippen LogP contribution in [0, 0.1) is 0 Å². The number of hydrogen-bond donors (Lipinski definition) is 1. The summed E-state index contributed by atoms with van der Waals surface area (Å²) in [7, 11) is 1.60. The predicted octanol–water partition coefficient (Wildman–Crippen LogP) is 1.49. The van der Waals surface area contributed by atoms with E-state index in [1.165, 1.54) is 0 Å². The molecule has 0 saturated heterocycles. The molecular formula is C10H18BrNO4. The van der Waals surface area contributed by atoms with Gasteiger partial charge in [-0.15, -0.1) is 0 Å². The maximum Gasteiger partial charge on any atom is 0.407 e. The molecule has 1 amide bonds. The molecule has 0 heterocycles. The zero-order valence-corrected chi connectivity index (χ0v) is 11.2. The molecule has 5 nitrogen and oxygen atoms in total. The lowest BCUT2D eigenvalue weighted by Gasteiger charge is -2.15. The highest BCUT2D eigenvalue weighted by atomic mass is 79.9. The number of methoxy groups -OCH3 is 1. The van der Waals surface area contributed by atoms with Gasteiger partial charge in [0, 0.05) is 13.7 Å². The molecule has 1 unspecified atom stereocenters. The third kappa shape index (κ3) is 6.79. The van der Waals surface area contributed by atoms with Crippen molar-refractivity contribution < 1.29 is 19.1 Å². The van der Waals surface area contributed by atoms with Crippen LogP contribution in [-0.2, 0) is 14.3 Å². The molecule has 1 atom stereocenters. The Kier molecular flexibility index (Phi) is 9.22. The van der Waals surface area contributed by atoms with Crippen LogP contribution in [0.5, 0.6) is 0 Å². The molecule has 0 aliphatic carbocycles. The smallest absolute Gasteiger partial charge is 0.407 e. The van der Waals surface area contributed by atoms with Gasteiger partial charge in [0.2, 0.25) is 0 Å². The van der Waals surface area contributed by atoms with Crippen molar-refractivity contribution in [3.63, 3.8) is 0 Å². The number of carbonyl (C=O) groups is 2. The first-order chi connectivity index (χ1) is 7.65. The standard InChI is InChI=1S/C10H18BrNO4/c1-3-16-10(14)12-8(9(13)7-11)5-4-6-15-2/h8H,3-7H2,1-2H3,(H,12,14). The van der Waals surface area contributed by atoms with E-state index >= 15 is 0 Å². The van der Waals surface area contributed by atoms with Crippen molar-refractivity contribution in [2.24, 2.45) is 0 Å². The van der Waals surface area contributed by atoms with Gasteiger partial charge in [0.1, 0.15) is 0 Å². The van der Waals surface area contributed by atoms with Crippen molar-refractivity contribution >= 4 is 27.8 Å². The van der Waals surface area contributed by atoms with Gasteiger partial charge < -0.3 is 14.8 Å². The van der Waals surface area contributed by atoms with Gasteiger partial charge in [-0.25, -0.2) is 4.79 Å². The Labute approximate surface area is 104 Å². The Bertz CT molecular complexity index is 223. The van der Waals surface area contributed by atoms with Gasteiger partial charge in [0.15, 0.2) is 5.78 Å². The molecule has 0 fully saturated rings. The minimum absolute atomic E-state index is 0.0656. The molecule has 0 radical (unpaired) electrons. The van der Waals surface area contributed by atoms with Crippen molar-refractivity contribution in [2.45, 2.75) is 25.8 Å². The van der Waals surface area contributed by atoms with E-state index in [0.717, 1.165) is 0 Å². The lowest BCUT2D eigenvalue weighted by atomic mass is 10.1. The highest BCUT2D eigenvalue weighted by Crippen LogP contribution is 2.02. The van der Waals surface area contributed by atoms with Gasteiger partial charge in [-0.05, 0) is 19.8 Å². The van der Waals surface area contributed by atoms with E-state index in [1.807, 2.05) is 0 Å². The Morgan fingerprint density at radius 2 is 2.12 bits per heavy atom. The lowest BCUT2D eigenvalue weighted by Crippen LogP contribution is -2.41. The van der Waals surface area contributed by atoms with Crippen LogP contribution in [0.25, 0.3) is 0 Å². The molecule has 16 heavy (non-hydrogen) atoms. The number of Topliss-reactive ketones (excluding diaryl/α,β-unsaturated/α-hetero) is 1. The monoisotopic (exact) mass is 295 g/mol. The highest BCUT2D eigenvalue weighted by Gasteiger charge is 2.19. The molecule has 0 saturated carbocycles. The Balaban J connectivity index is 4.09. The van der Waals surface area contributed by atoms with Crippen LogP contribution in [0.4, 0.5) is 4.79 Å². The molecule has 94 valence electrons. The quantitative estimate of drug-likeness (QED) is 0.544. The number of nitrogens with one attached hydrogen (secondary N) is 1. The Morgan fingerprint density at radius 1 is 1.44 bits per heavy atom. The first kappa shape index (κ1) is 15.4. The maximum absolute atomic E-state index is 11.5. The normalized spacial score (nSPS) is 11.9. The van der Waals surface area contributed by atoms with Crippen molar-refractivity contribution in [2.75, 3.05) is 25.7 Å². The van der Waals surface area contributed by atoms with Crippen molar-refractivity contribution in [1.29, 1.82) is 0 Å². The first-order valence-electron chi connectivity index (χ1n) is 5.16. The van der Waals surface area contributed by atoms with Crippen molar-refractivity contribution in [1.82, 2.24) is 5.32 Å². The largest absolute Gasteiger partial charge is 0.450 e. The molecule has 6 heteroatoms. The number of hydrogen-bond acceptors (Lipinski definition) is 4. The SMILES string of the molecule is CCOC(=O)NC(CCCOC)C(=O)CBr. The van der Waals surface area contributed by atoms with Gasteiger partial charge in [-0.1, -0.05) is 15.9 Å². The summed E-state index contributed by atoms with van der Waals surface area (Å²) in [4.78, 5) is 22.7. The summed E-state index contributed by atoms with van der Waals surface area (Å²) >= 11 is 3.08. The van der Waals surface area contributed by atoms with Crippen LogP contribution >= 0.6 is 15.9 Å². The predicted molar refractivity (Wildman–Crippen MR) is 63.9 cm³/mol. The average molecular weight is 296 g/mol. The van der Waals surface area contributed by atoms with Crippen molar-refractivity contribution in [3.8, 4) is 0 Å². The van der Waals surface area contributed by atoms with Gasteiger partial charge in [0.25, 0.3) is 0 Å². The summed E-state index contributed by atoms with van der Waals surface area (Å²) in [6, 6.07) is -0.506. The number of ether oxygens (including phenoxy) is 2. The summed E-state index contributed by atoms with van der Waals surface area (Å²) < 4.78 is 9.62. The number of alkyl halides is 1. The number of amides is 1. The fraction of sp³-hybridized carbons (Fsp3) is 0.800. The molecule has 1 N–H and O–H groups in total. The van der Waals surface area contributed by atoms with Crippen LogP contribution in [0.3, 0.4) is 0 Å². The molecule has 0 aliphatic rings. The molecule has 0 aliphatic heterocycles. The van der Waals surface area contributed by atoms with Gasteiger partial charge in [0.05, 0.1) is 18.0 Å². The van der Waals surface area contributed by atoms with Gasteiger partial charge >= 0.3 is 6.09 Å². The second-order valence-electron chi connectivity index (χ2n) is 3.15. The third-order valence-corrected chi connectivity index (χ3v) is 2.48. The fourth-order valence-corrected chi connectivity index (χ4v) is 1.54. The minimum Gasteiger partial charge on any atom is -0.450 e. The number of alkyl carbamates (subject to hydrolysis) is 1. The zero-order chi connectivity index (χ0) is 12.4. The number of ketones is 1. The van der Waals surface area contributed by atoms with E-state index in [0.29, 0.717) is 26.1 Å². The van der Waals surface area contributed by atoms with E-state index in [2.05, 4.69) is 21.2 Å². The molecule has 0 spiro atoms. The topological polar surface area (TPSA) is 64.6 Å². The molecule has 0 aromatic heterocycles. The van der Waals surface area contributed by atoms with Crippen LogP contribution in [0.1, 0.15) is 19.8 Å². The summed E-state index contributed by atoms with van der Waals surface area (Å²) in [6.45, 7) is 2.57. The molecule has 0 aromatic rings. The van der Waals surface area contributed by atoms with Crippen LogP contribution in [-0.4, -0.2) is 43.6 Å². The van der Waals surface area contributed by atoms with Crippen molar-refractivity contribution in [3.05, 3.63) is 0 Å². The molecule has 0 aromatic carbocycles. The molecule has 0 rings (SSSR count). The molecule has 0 bridgehead atoms. The summed E-state index contributed by atoms with van der Waals surface area (Å²) in [5.41, 5.74) is 0. The third-order valence-electron chi connectivity index (χ3n) is 1.93. The average Bonchev–Trinajstić information content (AvgIpc) is 2.27. The van der Waals surface area contributed by atoms with Crippen LogP contribution in [0.15, 0.2) is 0 Å². The van der Waals surface area contributed by atoms with Crippen LogP contribution in [0.2, 0.25) is 0 Å².